The smallest absolute Gasteiger partial charge is 0.125 e. The van der Waals surface area contributed by atoms with Gasteiger partial charge in [-0.05, 0) is 56.6 Å². The first-order chi connectivity index (χ1) is 9.24. The fraction of sp³-hybridized carbons (Fsp3) is 0.400. The number of aryl methyl sites for hydroxylation is 1. The Morgan fingerprint density at radius 3 is 2.79 bits per heavy atom. The Bertz CT molecular complexity index is 550. The van der Waals surface area contributed by atoms with Gasteiger partial charge in [0, 0.05) is 23.5 Å². The summed E-state index contributed by atoms with van der Waals surface area (Å²) in [5, 5.41) is 3.36. The monoisotopic (exact) mass is 259 g/mol. The third-order valence-electron chi connectivity index (χ3n) is 3.73. The van der Waals surface area contributed by atoms with Gasteiger partial charge in [0.1, 0.15) is 5.82 Å². The normalized spacial score (nSPS) is 16.7. The molecule has 3 rings (SSSR count). The third-order valence-corrected chi connectivity index (χ3v) is 3.73. The summed E-state index contributed by atoms with van der Waals surface area (Å²) in [4.78, 5) is 4.25. The van der Waals surface area contributed by atoms with Crippen LogP contribution < -0.4 is 5.32 Å². The van der Waals surface area contributed by atoms with Crippen LogP contribution in [0.3, 0.4) is 0 Å². The van der Waals surface area contributed by atoms with Gasteiger partial charge in [0.25, 0.3) is 0 Å². The molecule has 2 heterocycles. The summed E-state index contributed by atoms with van der Waals surface area (Å²) in [7, 11) is 0. The molecule has 4 heteroatoms. The number of halogens is 1. The molecule has 1 aliphatic heterocycles. The van der Waals surface area contributed by atoms with Crippen LogP contribution in [0.4, 0.5) is 4.39 Å². The van der Waals surface area contributed by atoms with Gasteiger partial charge in [-0.2, -0.15) is 0 Å². The van der Waals surface area contributed by atoms with Gasteiger partial charge in [0.2, 0.25) is 0 Å². The summed E-state index contributed by atoms with van der Waals surface area (Å²) < 4.78 is 15.6. The molecule has 0 atom stereocenters. The highest BCUT2D eigenvalue weighted by Crippen LogP contribution is 2.27. The molecule has 2 aromatic rings. The minimum atomic E-state index is -0.194. The second-order valence-corrected chi connectivity index (χ2v) is 5.20. The summed E-state index contributed by atoms with van der Waals surface area (Å²) in [6, 6.07) is 5.11. The maximum absolute atomic E-state index is 13.6. The third kappa shape index (κ3) is 2.54. The minimum absolute atomic E-state index is 0.194. The first-order valence-electron chi connectivity index (χ1n) is 6.74. The van der Waals surface area contributed by atoms with E-state index in [4.69, 9.17) is 0 Å². The summed E-state index contributed by atoms with van der Waals surface area (Å²) in [6.07, 6.45) is 5.92. The van der Waals surface area contributed by atoms with E-state index in [2.05, 4.69) is 10.3 Å². The highest BCUT2D eigenvalue weighted by Gasteiger charge is 2.19. The largest absolute Gasteiger partial charge is 0.317 e. The lowest BCUT2D eigenvalue weighted by atomic mass is 9.95. The summed E-state index contributed by atoms with van der Waals surface area (Å²) in [5.74, 6) is 0.312. The lowest BCUT2D eigenvalue weighted by Crippen LogP contribution is -2.27. The molecule has 0 aliphatic carbocycles. The number of rotatable bonds is 2. The van der Waals surface area contributed by atoms with E-state index < -0.39 is 0 Å². The molecule has 0 unspecified atom stereocenters. The zero-order chi connectivity index (χ0) is 13.2. The van der Waals surface area contributed by atoms with Gasteiger partial charge in [0.05, 0.1) is 6.33 Å². The van der Waals surface area contributed by atoms with Crippen LogP contribution in [0.1, 0.15) is 30.0 Å². The van der Waals surface area contributed by atoms with Gasteiger partial charge in [-0.15, -0.1) is 0 Å². The first-order valence-corrected chi connectivity index (χ1v) is 6.74. The molecule has 100 valence electrons. The van der Waals surface area contributed by atoms with Crippen molar-refractivity contribution in [2.75, 3.05) is 13.1 Å². The van der Waals surface area contributed by atoms with Gasteiger partial charge in [-0.3, -0.25) is 0 Å². The lowest BCUT2D eigenvalue weighted by Gasteiger charge is -2.23. The first kappa shape index (κ1) is 12.4. The Balaban J connectivity index is 1.98. The van der Waals surface area contributed by atoms with Crippen molar-refractivity contribution in [1.29, 1.82) is 0 Å². The molecular formula is C15H18FN3. The Hall–Kier alpha value is -1.68. The van der Waals surface area contributed by atoms with Crippen LogP contribution in [0.5, 0.6) is 0 Å². The van der Waals surface area contributed by atoms with Crippen LogP contribution in [-0.4, -0.2) is 22.6 Å². The summed E-state index contributed by atoms with van der Waals surface area (Å²) in [5.41, 5.74) is 2.98. The van der Waals surface area contributed by atoms with E-state index in [1.54, 1.807) is 18.5 Å². The van der Waals surface area contributed by atoms with E-state index in [0.29, 0.717) is 5.92 Å². The van der Waals surface area contributed by atoms with Gasteiger partial charge in [-0.1, -0.05) is 0 Å². The topological polar surface area (TPSA) is 29.9 Å². The van der Waals surface area contributed by atoms with Crippen LogP contribution in [0.15, 0.2) is 30.7 Å². The standard InChI is InChI=1S/C15H18FN3/c1-11-6-13(16)8-14(7-11)19-10-18-9-15(19)12-2-4-17-5-3-12/h6-10,12,17H,2-5H2,1H3. The van der Waals surface area contributed by atoms with Crippen molar-refractivity contribution in [3.63, 3.8) is 0 Å². The molecule has 1 aromatic heterocycles. The maximum Gasteiger partial charge on any atom is 0.125 e. The molecule has 1 N–H and O–H groups in total. The average Bonchev–Trinajstić information content (AvgIpc) is 2.88. The van der Waals surface area contributed by atoms with E-state index in [1.165, 1.54) is 5.69 Å². The number of piperidine rings is 1. The SMILES string of the molecule is Cc1cc(F)cc(-n2cncc2C2CCNCC2)c1. The molecule has 1 saturated heterocycles. The zero-order valence-electron chi connectivity index (χ0n) is 11.1. The molecular weight excluding hydrogens is 241 g/mol. The predicted octanol–water partition coefficient (Wildman–Crippen LogP) is 2.79. The van der Waals surface area contributed by atoms with Gasteiger partial charge >= 0.3 is 0 Å². The second-order valence-electron chi connectivity index (χ2n) is 5.20. The zero-order valence-corrected chi connectivity index (χ0v) is 11.1. The van der Waals surface area contributed by atoms with Crippen molar-refractivity contribution in [1.82, 2.24) is 14.9 Å². The molecule has 0 radical (unpaired) electrons. The number of benzene rings is 1. The van der Waals surface area contributed by atoms with E-state index >= 15 is 0 Å². The van der Waals surface area contributed by atoms with Crippen LogP contribution >= 0.6 is 0 Å². The van der Waals surface area contributed by atoms with Crippen LogP contribution in [-0.2, 0) is 0 Å². The number of imidazole rings is 1. The molecule has 19 heavy (non-hydrogen) atoms. The van der Waals surface area contributed by atoms with Crippen LogP contribution in [0.2, 0.25) is 0 Å². The molecule has 0 amide bonds. The Morgan fingerprint density at radius 1 is 1.26 bits per heavy atom. The molecule has 1 fully saturated rings. The minimum Gasteiger partial charge on any atom is -0.317 e. The van der Waals surface area contributed by atoms with Crippen LogP contribution in [0.25, 0.3) is 5.69 Å². The molecule has 0 bridgehead atoms. The molecule has 0 saturated carbocycles. The average molecular weight is 259 g/mol. The van der Waals surface area contributed by atoms with E-state index in [1.807, 2.05) is 23.8 Å². The fourth-order valence-corrected chi connectivity index (χ4v) is 2.80. The van der Waals surface area contributed by atoms with Crippen molar-refractivity contribution < 1.29 is 4.39 Å². The fourth-order valence-electron chi connectivity index (χ4n) is 2.80. The quantitative estimate of drug-likeness (QED) is 0.898. The van der Waals surface area contributed by atoms with Gasteiger partial charge < -0.3 is 9.88 Å². The number of aromatic nitrogens is 2. The van der Waals surface area contributed by atoms with E-state index in [0.717, 1.165) is 37.2 Å². The number of nitrogens with zero attached hydrogens (tertiary/aromatic N) is 2. The second kappa shape index (κ2) is 5.13. The van der Waals surface area contributed by atoms with Crippen molar-refractivity contribution in [3.8, 4) is 5.69 Å². The highest BCUT2D eigenvalue weighted by molar-refractivity contribution is 5.38. The summed E-state index contributed by atoms with van der Waals surface area (Å²) in [6.45, 7) is 3.99. The maximum atomic E-state index is 13.6. The highest BCUT2D eigenvalue weighted by atomic mass is 19.1. The van der Waals surface area contributed by atoms with Crippen molar-refractivity contribution in [2.24, 2.45) is 0 Å². The van der Waals surface area contributed by atoms with Crippen LogP contribution in [0, 0.1) is 12.7 Å². The summed E-state index contributed by atoms with van der Waals surface area (Å²) >= 11 is 0. The Kier molecular flexibility index (Phi) is 3.34. The number of nitrogens with one attached hydrogen (secondary N) is 1. The molecule has 0 spiro atoms. The van der Waals surface area contributed by atoms with Crippen molar-refractivity contribution in [2.45, 2.75) is 25.7 Å². The molecule has 3 nitrogen and oxygen atoms in total. The van der Waals surface area contributed by atoms with Gasteiger partial charge in [-0.25, -0.2) is 9.37 Å². The van der Waals surface area contributed by atoms with Crippen molar-refractivity contribution in [3.05, 3.63) is 47.8 Å². The molecule has 1 aromatic carbocycles. The van der Waals surface area contributed by atoms with E-state index in [-0.39, 0.29) is 5.82 Å². The lowest BCUT2D eigenvalue weighted by molar-refractivity contribution is 0.449. The van der Waals surface area contributed by atoms with Gasteiger partial charge in [0.15, 0.2) is 0 Å². The molecule has 1 aliphatic rings. The predicted molar refractivity (Wildman–Crippen MR) is 73.1 cm³/mol. The number of hydrogen-bond donors (Lipinski definition) is 1. The van der Waals surface area contributed by atoms with E-state index in [9.17, 15) is 4.39 Å². The number of hydrogen-bond acceptors (Lipinski definition) is 2. The Labute approximate surface area is 112 Å². The van der Waals surface area contributed by atoms with Crippen molar-refractivity contribution >= 4 is 0 Å². The Morgan fingerprint density at radius 2 is 2.05 bits per heavy atom.